The van der Waals surface area contributed by atoms with E-state index in [9.17, 15) is 22.8 Å². The number of hydrogen-bond donors (Lipinski definition) is 0. The third kappa shape index (κ3) is 4.80. The van der Waals surface area contributed by atoms with Crippen LogP contribution < -0.4 is 4.90 Å². The number of ether oxygens (including phenoxy) is 1. The van der Waals surface area contributed by atoms with Crippen LogP contribution in [0.5, 0.6) is 0 Å². The fourth-order valence-electron chi connectivity index (χ4n) is 3.49. The summed E-state index contributed by atoms with van der Waals surface area (Å²) in [4.78, 5) is 28.3. The van der Waals surface area contributed by atoms with Gasteiger partial charge in [-0.15, -0.1) is 0 Å². The van der Waals surface area contributed by atoms with Gasteiger partial charge in [-0.2, -0.15) is 18.3 Å². The summed E-state index contributed by atoms with van der Waals surface area (Å²) in [6, 6.07) is 3.35. The van der Waals surface area contributed by atoms with Gasteiger partial charge in [-0.05, 0) is 31.5 Å². The molecule has 0 atom stereocenters. The third-order valence-corrected chi connectivity index (χ3v) is 6.20. The van der Waals surface area contributed by atoms with Crippen LogP contribution in [0.1, 0.15) is 27.3 Å². The lowest BCUT2D eigenvalue weighted by molar-refractivity contribution is -0.142. The molecule has 1 aliphatic rings. The summed E-state index contributed by atoms with van der Waals surface area (Å²) in [5.41, 5.74) is 0.632. The highest BCUT2D eigenvalue weighted by Crippen LogP contribution is 2.35. The van der Waals surface area contributed by atoms with Crippen molar-refractivity contribution in [1.82, 2.24) is 14.7 Å². The van der Waals surface area contributed by atoms with Crippen LogP contribution in [0.15, 0.2) is 12.1 Å². The molecule has 1 amide bonds. The van der Waals surface area contributed by atoms with Crippen LogP contribution in [-0.2, 0) is 22.3 Å². The van der Waals surface area contributed by atoms with Gasteiger partial charge in [0, 0.05) is 31.2 Å². The number of alkyl halides is 3. The molecule has 1 fully saturated rings. The number of halogens is 5. The molecule has 32 heavy (non-hydrogen) atoms. The minimum atomic E-state index is -4.70. The van der Waals surface area contributed by atoms with Gasteiger partial charge in [0.15, 0.2) is 5.69 Å². The molecule has 7 nitrogen and oxygen atoms in total. The lowest BCUT2D eigenvalue weighted by Gasteiger charge is -2.37. The second-order valence-electron chi connectivity index (χ2n) is 7.38. The zero-order valence-electron chi connectivity index (χ0n) is 17.6. The number of rotatable bonds is 4. The Morgan fingerprint density at radius 3 is 2.28 bits per heavy atom. The Balaban J connectivity index is 1.71. The maximum absolute atomic E-state index is 13.0. The predicted molar refractivity (Wildman–Crippen MR) is 113 cm³/mol. The van der Waals surface area contributed by atoms with Gasteiger partial charge in [0.05, 0.1) is 29.1 Å². The van der Waals surface area contributed by atoms with Crippen molar-refractivity contribution < 1.29 is 27.5 Å². The van der Waals surface area contributed by atoms with E-state index in [-0.39, 0.29) is 18.1 Å². The zero-order valence-corrected chi connectivity index (χ0v) is 19.1. The van der Waals surface area contributed by atoms with E-state index in [1.165, 1.54) is 14.0 Å². The molecule has 2 heterocycles. The van der Waals surface area contributed by atoms with Gasteiger partial charge in [0.25, 0.3) is 0 Å². The molecular weight excluding hydrogens is 472 g/mol. The molecule has 12 heteroatoms. The van der Waals surface area contributed by atoms with Gasteiger partial charge in [0.1, 0.15) is 6.54 Å². The highest BCUT2D eigenvalue weighted by atomic mass is 35.5. The number of methoxy groups -OCH3 is 1. The minimum Gasteiger partial charge on any atom is -0.465 e. The van der Waals surface area contributed by atoms with E-state index in [1.54, 1.807) is 17.0 Å². The first-order valence-corrected chi connectivity index (χ1v) is 10.4. The van der Waals surface area contributed by atoms with Crippen LogP contribution in [0.25, 0.3) is 0 Å². The summed E-state index contributed by atoms with van der Waals surface area (Å²) in [5, 5.41) is 3.40. The zero-order chi connectivity index (χ0) is 23.8. The van der Waals surface area contributed by atoms with Crippen LogP contribution >= 0.6 is 23.2 Å². The maximum Gasteiger partial charge on any atom is 0.436 e. The van der Waals surface area contributed by atoms with Crippen molar-refractivity contribution >= 4 is 40.8 Å². The molecule has 174 valence electrons. The quantitative estimate of drug-likeness (QED) is 0.604. The average Bonchev–Trinajstić information content (AvgIpc) is 3.03. The molecule has 0 saturated carbocycles. The second-order valence-corrected chi connectivity index (χ2v) is 8.17. The number of aromatic nitrogens is 2. The molecule has 1 aromatic heterocycles. The van der Waals surface area contributed by atoms with Crippen LogP contribution in [0, 0.1) is 13.8 Å². The Labute approximate surface area is 192 Å². The number of amides is 1. The Morgan fingerprint density at radius 2 is 1.75 bits per heavy atom. The first kappa shape index (κ1) is 24.2. The number of carbonyl (C=O) groups is 2. The number of piperazine rings is 1. The summed E-state index contributed by atoms with van der Waals surface area (Å²) in [7, 11) is 1.28. The normalized spacial score (nSPS) is 14.6. The summed E-state index contributed by atoms with van der Waals surface area (Å²) in [6.07, 6.45) is -4.70. The number of anilines is 1. The monoisotopic (exact) mass is 492 g/mol. The summed E-state index contributed by atoms with van der Waals surface area (Å²) in [6.45, 7) is 4.33. The third-order valence-electron chi connectivity index (χ3n) is 5.34. The summed E-state index contributed by atoms with van der Waals surface area (Å²) in [5.74, 6) is -0.895. The first-order chi connectivity index (χ1) is 14.9. The second kappa shape index (κ2) is 9.19. The van der Waals surface area contributed by atoms with Crippen molar-refractivity contribution in [2.24, 2.45) is 0 Å². The molecule has 0 radical (unpaired) electrons. The lowest BCUT2D eigenvalue weighted by Crippen LogP contribution is -2.50. The molecule has 2 aromatic rings. The number of hydrogen-bond acceptors (Lipinski definition) is 5. The summed E-state index contributed by atoms with van der Waals surface area (Å²) >= 11 is 11.9. The van der Waals surface area contributed by atoms with Crippen molar-refractivity contribution in [1.29, 1.82) is 0 Å². The predicted octanol–water partition coefficient (Wildman–Crippen LogP) is 3.96. The van der Waals surface area contributed by atoms with Crippen molar-refractivity contribution in [2.75, 3.05) is 38.2 Å². The maximum atomic E-state index is 13.0. The number of nitrogens with zero attached hydrogens (tertiary/aromatic N) is 4. The van der Waals surface area contributed by atoms with Crippen molar-refractivity contribution in [3.8, 4) is 0 Å². The van der Waals surface area contributed by atoms with Gasteiger partial charge in [-0.25, -0.2) is 4.79 Å². The van der Waals surface area contributed by atoms with Crippen LogP contribution in [-0.4, -0.2) is 59.8 Å². The van der Waals surface area contributed by atoms with E-state index in [1.807, 2.05) is 11.8 Å². The van der Waals surface area contributed by atoms with Gasteiger partial charge in [0.2, 0.25) is 5.91 Å². The van der Waals surface area contributed by atoms with Gasteiger partial charge >= 0.3 is 12.1 Å². The highest BCUT2D eigenvalue weighted by Gasteiger charge is 2.38. The van der Waals surface area contributed by atoms with Crippen LogP contribution in [0.4, 0.5) is 18.9 Å². The van der Waals surface area contributed by atoms with Crippen molar-refractivity contribution in [3.63, 3.8) is 0 Å². The molecule has 0 unspecified atom stereocenters. The Hall–Kier alpha value is -2.46. The van der Waals surface area contributed by atoms with Gasteiger partial charge < -0.3 is 14.5 Å². The molecule has 1 aromatic carbocycles. The molecular formula is C20H21Cl2F3N4O3. The molecule has 3 rings (SSSR count). The molecule has 0 aliphatic carbocycles. The smallest absolute Gasteiger partial charge is 0.436 e. The fourth-order valence-corrected chi connectivity index (χ4v) is 3.89. The first-order valence-electron chi connectivity index (χ1n) is 9.65. The van der Waals surface area contributed by atoms with E-state index >= 15 is 0 Å². The van der Waals surface area contributed by atoms with E-state index in [4.69, 9.17) is 27.9 Å². The topological polar surface area (TPSA) is 67.7 Å². The van der Waals surface area contributed by atoms with E-state index in [2.05, 4.69) is 5.10 Å². The largest absolute Gasteiger partial charge is 0.465 e. The molecule has 0 spiro atoms. The average molecular weight is 493 g/mol. The number of carbonyl (C=O) groups excluding carboxylic acids is 2. The van der Waals surface area contributed by atoms with Crippen molar-refractivity contribution in [3.05, 3.63) is 44.7 Å². The molecule has 0 N–H and O–H groups in total. The van der Waals surface area contributed by atoms with Crippen LogP contribution in [0.2, 0.25) is 10.0 Å². The van der Waals surface area contributed by atoms with Gasteiger partial charge in [-0.1, -0.05) is 23.2 Å². The molecule has 1 aliphatic heterocycles. The lowest BCUT2D eigenvalue weighted by atomic mass is 10.1. The van der Waals surface area contributed by atoms with E-state index in [0.717, 1.165) is 10.2 Å². The fraction of sp³-hybridized carbons (Fsp3) is 0.450. The SMILES string of the molecule is COC(=O)c1cc(Cl)c(C)cc1N1CCN(C(=O)Cn2nc(C(F)(F)F)c(Cl)c2C)CC1. The van der Waals surface area contributed by atoms with E-state index in [0.29, 0.717) is 42.5 Å². The summed E-state index contributed by atoms with van der Waals surface area (Å²) < 4.78 is 44.8. The molecule has 0 bridgehead atoms. The van der Waals surface area contributed by atoms with Crippen molar-refractivity contribution in [2.45, 2.75) is 26.6 Å². The van der Waals surface area contributed by atoms with E-state index < -0.39 is 22.9 Å². The molecule has 1 saturated heterocycles. The Kier molecular flexibility index (Phi) is 6.94. The number of esters is 1. The minimum absolute atomic E-state index is 0.0744. The Morgan fingerprint density at radius 1 is 1.12 bits per heavy atom. The van der Waals surface area contributed by atoms with Gasteiger partial charge in [-0.3, -0.25) is 9.48 Å². The number of benzene rings is 1. The van der Waals surface area contributed by atoms with Crippen LogP contribution in [0.3, 0.4) is 0 Å². The standard InChI is InChI=1S/C20H21Cl2F3N4O3/c1-11-8-15(13(9-14(11)21)19(31)32-3)27-4-6-28(7-5-27)16(30)10-29-12(2)17(22)18(26-29)20(23,24)25/h8-9H,4-7,10H2,1-3H3. The Bertz CT molecular complexity index is 1050. The highest BCUT2D eigenvalue weighted by molar-refractivity contribution is 6.32. The number of aryl methyl sites for hydroxylation is 1.